The minimum atomic E-state index is 0.576. The Bertz CT molecular complexity index is 581. The first-order valence-electron chi connectivity index (χ1n) is 8.45. The number of aryl methyl sites for hydroxylation is 1. The molecule has 3 nitrogen and oxygen atoms in total. The lowest BCUT2D eigenvalue weighted by Gasteiger charge is -2.31. The van der Waals surface area contributed by atoms with Crippen LogP contribution in [0.25, 0.3) is 11.0 Å². The summed E-state index contributed by atoms with van der Waals surface area (Å²) in [5.74, 6) is 1.95. The van der Waals surface area contributed by atoms with Crippen LogP contribution in [0.15, 0.2) is 24.3 Å². The van der Waals surface area contributed by atoms with Gasteiger partial charge in [-0.15, -0.1) is 0 Å². The van der Waals surface area contributed by atoms with Crippen molar-refractivity contribution in [3.63, 3.8) is 0 Å². The van der Waals surface area contributed by atoms with Crippen molar-refractivity contribution in [3.05, 3.63) is 30.1 Å². The first-order valence-corrected chi connectivity index (χ1v) is 8.45. The molecule has 1 unspecified atom stereocenters. The summed E-state index contributed by atoms with van der Waals surface area (Å²) in [5.41, 5.74) is 2.39. The quantitative estimate of drug-likeness (QED) is 0.903. The lowest BCUT2D eigenvalue weighted by Crippen LogP contribution is -2.40. The number of para-hydroxylation sites is 2. The van der Waals surface area contributed by atoms with E-state index in [1.807, 2.05) is 0 Å². The Labute approximate surface area is 127 Å². The van der Waals surface area contributed by atoms with E-state index in [1.54, 1.807) is 0 Å². The molecule has 1 atom stereocenters. The molecule has 1 aromatic carbocycles. The minimum absolute atomic E-state index is 0.576. The smallest absolute Gasteiger partial charge is 0.106 e. The van der Waals surface area contributed by atoms with Gasteiger partial charge >= 0.3 is 0 Å². The summed E-state index contributed by atoms with van der Waals surface area (Å²) in [6, 6.07) is 9.07. The highest BCUT2D eigenvalue weighted by molar-refractivity contribution is 5.75. The summed E-state index contributed by atoms with van der Waals surface area (Å²) >= 11 is 0. The van der Waals surface area contributed by atoms with Gasteiger partial charge in [-0.05, 0) is 44.4 Å². The third-order valence-electron chi connectivity index (χ3n) is 4.91. The predicted molar refractivity (Wildman–Crippen MR) is 88.5 cm³/mol. The number of fused-ring (bicyclic) bond motifs is 1. The highest BCUT2D eigenvalue weighted by Crippen LogP contribution is 2.28. The first-order chi connectivity index (χ1) is 10.3. The highest BCUT2D eigenvalue weighted by Gasteiger charge is 2.24. The lowest BCUT2D eigenvalue weighted by molar-refractivity contribution is 0.251. The van der Waals surface area contributed by atoms with Crippen molar-refractivity contribution in [2.45, 2.75) is 58.5 Å². The molecule has 0 amide bonds. The first kappa shape index (κ1) is 14.6. The Morgan fingerprint density at radius 1 is 1.24 bits per heavy atom. The van der Waals surface area contributed by atoms with Gasteiger partial charge in [0, 0.05) is 12.6 Å². The normalized spacial score (nSPS) is 18.2. The highest BCUT2D eigenvalue weighted by atomic mass is 15.1. The van der Waals surface area contributed by atoms with Crippen LogP contribution in [0.3, 0.4) is 0 Å². The summed E-state index contributed by atoms with van der Waals surface area (Å²) in [7, 11) is 0. The number of benzene rings is 1. The van der Waals surface area contributed by atoms with Crippen LogP contribution in [0.4, 0.5) is 0 Å². The van der Waals surface area contributed by atoms with Crippen LogP contribution >= 0.6 is 0 Å². The van der Waals surface area contributed by atoms with Crippen LogP contribution in [0.5, 0.6) is 0 Å². The van der Waals surface area contributed by atoms with E-state index in [0.717, 1.165) is 30.3 Å². The molecular weight excluding hydrogens is 258 g/mol. The molecule has 0 radical (unpaired) electrons. The summed E-state index contributed by atoms with van der Waals surface area (Å²) in [4.78, 5) is 4.71. The van der Waals surface area contributed by atoms with E-state index in [-0.39, 0.29) is 0 Å². The molecule has 1 aliphatic rings. The van der Waals surface area contributed by atoms with E-state index in [1.165, 1.54) is 37.6 Å². The third kappa shape index (κ3) is 3.13. The lowest BCUT2D eigenvalue weighted by atomic mass is 9.83. The van der Waals surface area contributed by atoms with Crippen molar-refractivity contribution in [1.29, 1.82) is 0 Å². The summed E-state index contributed by atoms with van der Waals surface area (Å²) in [6.45, 7) is 6.44. The van der Waals surface area contributed by atoms with Gasteiger partial charge in [0.15, 0.2) is 0 Å². The molecule has 1 fully saturated rings. The fraction of sp³-hybridized carbons (Fsp3) is 0.611. The van der Waals surface area contributed by atoms with Crippen molar-refractivity contribution in [2.24, 2.45) is 5.92 Å². The SMILES string of the molecule is CCNC(Cn1c(C)nc2ccccc21)C1CCCCC1. The number of nitrogens with zero attached hydrogens (tertiary/aromatic N) is 2. The van der Waals surface area contributed by atoms with Crippen LogP contribution in [-0.4, -0.2) is 22.1 Å². The van der Waals surface area contributed by atoms with Crippen LogP contribution in [-0.2, 0) is 6.54 Å². The second-order valence-corrected chi connectivity index (χ2v) is 6.32. The van der Waals surface area contributed by atoms with Crippen LogP contribution in [0.1, 0.15) is 44.9 Å². The van der Waals surface area contributed by atoms with E-state index in [9.17, 15) is 0 Å². The molecule has 114 valence electrons. The second kappa shape index (κ2) is 6.61. The molecule has 21 heavy (non-hydrogen) atoms. The van der Waals surface area contributed by atoms with Gasteiger partial charge in [0.05, 0.1) is 11.0 Å². The Kier molecular flexibility index (Phi) is 4.59. The molecule has 1 aromatic heterocycles. The minimum Gasteiger partial charge on any atom is -0.327 e. The van der Waals surface area contributed by atoms with Crippen LogP contribution in [0, 0.1) is 12.8 Å². The number of nitrogens with one attached hydrogen (secondary N) is 1. The van der Waals surface area contributed by atoms with Gasteiger partial charge in [-0.3, -0.25) is 0 Å². The molecule has 1 aliphatic carbocycles. The van der Waals surface area contributed by atoms with E-state index in [0.29, 0.717) is 6.04 Å². The van der Waals surface area contributed by atoms with Gasteiger partial charge in [0.2, 0.25) is 0 Å². The average Bonchev–Trinajstić information content (AvgIpc) is 2.84. The van der Waals surface area contributed by atoms with Crippen LogP contribution < -0.4 is 5.32 Å². The molecular formula is C18H27N3. The number of hydrogen-bond acceptors (Lipinski definition) is 2. The van der Waals surface area contributed by atoms with Crippen molar-refractivity contribution in [2.75, 3.05) is 6.54 Å². The zero-order valence-electron chi connectivity index (χ0n) is 13.3. The van der Waals surface area contributed by atoms with E-state index >= 15 is 0 Å². The molecule has 0 spiro atoms. The largest absolute Gasteiger partial charge is 0.327 e. The molecule has 1 heterocycles. The molecule has 0 saturated heterocycles. The summed E-state index contributed by atoms with van der Waals surface area (Å²) in [6.07, 6.45) is 6.97. The Morgan fingerprint density at radius 2 is 2.00 bits per heavy atom. The maximum absolute atomic E-state index is 4.71. The predicted octanol–water partition coefficient (Wildman–Crippen LogP) is 3.90. The Hall–Kier alpha value is -1.35. The summed E-state index contributed by atoms with van der Waals surface area (Å²) < 4.78 is 2.40. The standard InChI is InChI=1S/C18H27N3/c1-3-19-17(15-9-5-4-6-10-15)13-21-14(2)20-16-11-7-8-12-18(16)21/h7-8,11-12,15,17,19H,3-6,9-10,13H2,1-2H3. The molecule has 0 aliphatic heterocycles. The van der Waals surface area contributed by atoms with Gasteiger partial charge < -0.3 is 9.88 Å². The Morgan fingerprint density at radius 3 is 2.76 bits per heavy atom. The van der Waals surface area contributed by atoms with Gasteiger partial charge in [-0.1, -0.05) is 38.3 Å². The maximum Gasteiger partial charge on any atom is 0.106 e. The third-order valence-corrected chi connectivity index (χ3v) is 4.91. The topological polar surface area (TPSA) is 29.9 Å². The van der Waals surface area contributed by atoms with Gasteiger partial charge in [-0.2, -0.15) is 0 Å². The molecule has 0 bridgehead atoms. The number of rotatable bonds is 5. The van der Waals surface area contributed by atoms with E-state index in [4.69, 9.17) is 4.98 Å². The fourth-order valence-corrected chi connectivity index (χ4v) is 3.80. The number of imidazole rings is 1. The zero-order valence-corrected chi connectivity index (χ0v) is 13.3. The van der Waals surface area contributed by atoms with Gasteiger partial charge in [-0.25, -0.2) is 4.98 Å². The maximum atomic E-state index is 4.71. The van der Waals surface area contributed by atoms with Gasteiger partial charge in [0.25, 0.3) is 0 Å². The fourth-order valence-electron chi connectivity index (χ4n) is 3.80. The monoisotopic (exact) mass is 285 g/mol. The molecule has 1 saturated carbocycles. The average molecular weight is 285 g/mol. The van der Waals surface area contributed by atoms with E-state index in [2.05, 4.69) is 48.0 Å². The zero-order chi connectivity index (χ0) is 14.7. The molecule has 3 heteroatoms. The number of hydrogen-bond donors (Lipinski definition) is 1. The van der Waals surface area contributed by atoms with Crippen molar-refractivity contribution in [3.8, 4) is 0 Å². The van der Waals surface area contributed by atoms with Crippen molar-refractivity contribution < 1.29 is 0 Å². The van der Waals surface area contributed by atoms with Crippen LogP contribution in [0.2, 0.25) is 0 Å². The Balaban J connectivity index is 1.85. The van der Waals surface area contributed by atoms with E-state index < -0.39 is 0 Å². The van der Waals surface area contributed by atoms with Crippen molar-refractivity contribution >= 4 is 11.0 Å². The van der Waals surface area contributed by atoms with Crippen molar-refractivity contribution in [1.82, 2.24) is 14.9 Å². The molecule has 2 aromatic rings. The van der Waals surface area contributed by atoms with Gasteiger partial charge in [0.1, 0.15) is 5.82 Å². The molecule has 3 rings (SSSR count). The molecule has 1 N–H and O–H groups in total. The summed E-state index contributed by atoms with van der Waals surface area (Å²) in [5, 5.41) is 3.73. The second-order valence-electron chi connectivity index (χ2n) is 6.32. The number of likely N-dealkylation sites (N-methyl/N-ethyl adjacent to an activating group) is 1. The number of aromatic nitrogens is 2.